The van der Waals surface area contributed by atoms with E-state index in [2.05, 4.69) is 38.1 Å². The first kappa shape index (κ1) is 48.8. The summed E-state index contributed by atoms with van der Waals surface area (Å²) in [6.45, 7) is 13.3. The van der Waals surface area contributed by atoms with Gasteiger partial charge >= 0.3 is 0 Å². The van der Waals surface area contributed by atoms with E-state index < -0.39 is 0 Å². The third kappa shape index (κ3) is 37.1. The molecular formula is C44H82O8. The minimum atomic E-state index is 0.535. The maximum atomic E-state index is 5.79. The molecule has 0 atom stereocenters. The maximum absolute atomic E-state index is 5.79. The van der Waals surface area contributed by atoms with Crippen molar-refractivity contribution >= 4 is 0 Å². The van der Waals surface area contributed by atoms with Crippen LogP contribution in [0.3, 0.4) is 0 Å². The fourth-order valence-electron chi connectivity index (χ4n) is 5.90. The molecule has 1 aromatic carbocycles. The minimum absolute atomic E-state index is 0.535. The summed E-state index contributed by atoms with van der Waals surface area (Å²) >= 11 is 0. The Bertz CT molecular complexity index is 793. The molecule has 0 aliphatic rings. The smallest absolute Gasteiger partial charge is 0.119 e. The summed E-state index contributed by atoms with van der Waals surface area (Å²) in [7, 11) is 0. The van der Waals surface area contributed by atoms with Crippen LogP contribution in [-0.4, -0.2) is 99.1 Å². The molecule has 1 rings (SSSR count). The quantitative estimate of drug-likeness (QED) is 0.0613. The number of aryl methyl sites for hydroxylation is 1. The molecule has 0 radical (unpaired) electrons. The van der Waals surface area contributed by atoms with Crippen LogP contribution in [0.1, 0.15) is 148 Å². The van der Waals surface area contributed by atoms with Crippen LogP contribution >= 0.6 is 0 Å². The van der Waals surface area contributed by atoms with Crippen LogP contribution in [0, 0.1) is 0 Å². The van der Waals surface area contributed by atoms with Gasteiger partial charge in [0.2, 0.25) is 0 Å². The first-order valence-corrected chi connectivity index (χ1v) is 21.6. The van der Waals surface area contributed by atoms with Crippen molar-refractivity contribution in [3.8, 4) is 5.75 Å². The van der Waals surface area contributed by atoms with E-state index in [1.165, 1.54) is 128 Å². The lowest BCUT2D eigenvalue weighted by molar-refractivity contribution is -0.0213. The molecule has 0 spiro atoms. The van der Waals surface area contributed by atoms with Crippen LogP contribution in [-0.2, 0) is 39.6 Å². The summed E-state index contributed by atoms with van der Waals surface area (Å²) in [6.07, 6.45) is 28.4. The average Bonchev–Trinajstić information content (AvgIpc) is 3.16. The van der Waals surface area contributed by atoms with Crippen molar-refractivity contribution in [2.45, 2.75) is 149 Å². The summed E-state index contributed by atoms with van der Waals surface area (Å²) in [5.41, 5.74) is 1.39. The minimum Gasteiger partial charge on any atom is -0.491 e. The van der Waals surface area contributed by atoms with E-state index in [0.717, 1.165) is 25.2 Å². The fourth-order valence-corrected chi connectivity index (χ4v) is 5.90. The predicted molar refractivity (Wildman–Crippen MR) is 215 cm³/mol. The van der Waals surface area contributed by atoms with E-state index >= 15 is 0 Å². The van der Waals surface area contributed by atoms with Gasteiger partial charge in [-0.2, -0.15) is 0 Å². The highest BCUT2D eigenvalue weighted by Crippen LogP contribution is 2.16. The lowest BCUT2D eigenvalue weighted by Gasteiger charge is -2.09. The lowest BCUT2D eigenvalue weighted by atomic mass is 10.0. The second kappa shape index (κ2) is 42.5. The largest absolute Gasteiger partial charge is 0.491 e. The monoisotopic (exact) mass is 739 g/mol. The van der Waals surface area contributed by atoms with Crippen molar-refractivity contribution in [3.05, 3.63) is 29.8 Å². The normalized spacial score (nSPS) is 11.5. The molecule has 0 N–H and O–H groups in total. The van der Waals surface area contributed by atoms with Crippen molar-refractivity contribution in [2.24, 2.45) is 0 Å². The summed E-state index contributed by atoms with van der Waals surface area (Å²) in [5.74, 6) is 0.895. The van der Waals surface area contributed by atoms with Gasteiger partial charge in [0, 0.05) is 6.61 Å². The fraction of sp³-hybridized carbons (Fsp3) is 0.864. The van der Waals surface area contributed by atoms with Gasteiger partial charge in [0.25, 0.3) is 0 Å². The van der Waals surface area contributed by atoms with Crippen LogP contribution < -0.4 is 4.74 Å². The van der Waals surface area contributed by atoms with Gasteiger partial charge in [-0.15, -0.1) is 0 Å². The molecule has 52 heavy (non-hydrogen) atoms. The van der Waals surface area contributed by atoms with Crippen LogP contribution in [0.15, 0.2) is 24.3 Å². The number of benzene rings is 1. The Balaban J connectivity index is 1.67. The zero-order chi connectivity index (χ0) is 37.1. The highest BCUT2D eigenvalue weighted by molar-refractivity contribution is 5.27. The topological polar surface area (TPSA) is 73.8 Å². The second-order valence-electron chi connectivity index (χ2n) is 13.9. The molecule has 306 valence electrons. The van der Waals surface area contributed by atoms with E-state index in [1.807, 2.05) is 0 Å². The molecule has 0 saturated heterocycles. The Hall–Kier alpha value is -1.26. The highest BCUT2D eigenvalue weighted by atomic mass is 16.6. The Morgan fingerprint density at radius 1 is 0.288 bits per heavy atom. The van der Waals surface area contributed by atoms with Crippen molar-refractivity contribution < 1.29 is 37.9 Å². The molecule has 0 saturated carbocycles. The van der Waals surface area contributed by atoms with Crippen molar-refractivity contribution in [2.75, 3.05) is 99.1 Å². The summed E-state index contributed by atoms with van der Waals surface area (Å²) in [5, 5.41) is 0. The van der Waals surface area contributed by atoms with Gasteiger partial charge in [0.15, 0.2) is 0 Å². The van der Waals surface area contributed by atoms with Crippen LogP contribution in [0.2, 0.25) is 0 Å². The second-order valence-corrected chi connectivity index (χ2v) is 13.9. The third-order valence-electron chi connectivity index (χ3n) is 9.11. The first-order valence-electron chi connectivity index (χ1n) is 21.6. The van der Waals surface area contributed by atoms with E-state index in [0.29, 0.717) is 92.5 Å². The molecular weight excluding hydrogens is 656 g/mol. The molecule has 0 amide bonds. The van der Waals surface area contributed by atoms with Gasteiger partial charge in [-0.25, -0.2) is 0 Å². The summed E-state index contributed by atoms with van der Waals surface area (Å²) in [4.78, 5) is 0. The van der Waals surface area contributed by atoms with Crippen molar-refractivity contribution in [1.29, 1.82) is 0 Å². The van der Waals surface area contributed by atoms with Gasteiger partial charge in [0.05, 0.1) is 85.9 Å². The molecule has 0 unspecified atom stereocenters. The SMILES string of the molecule is CCCCCCCCCCCCCCCCOCCOCCOCCOCCOCCOCCOCCOc1ccc(CCCCCCCC)cc1. The van der Waals surface area contributed by atoms with E-state index in [-0.39, 0.29) is 0 Å². The van der Waals surface area contributed by atoms with Gasteiger partial charge in [-0.1, -0.05) is 142 Å². The van der Waals surface area contributed by atoms with Gasteiger partial charge < -0.3 is 37.9 Å². The maximum Gasteiger partial charge on any atom is 0.119 e. The Morgan fingerprint density at radius 2 is 0.577 bits per heavy atom. The molecule has 1 aromatic rings. The van der Waals surface area contributed by atoms with Crippen LogP contribution in [0.4, 0.5) is 0 Å². The molecule has 0 heterocycles. The lowest BCUT2D eigenvalue weighted by Crippen LogP contribution is -2.15. The zero-order valence-electron chi connectivity index (χ0n) is 34.0. The Morgan fingerprint density at radius 3 is 0.942 bits per heavy atom. The molecule has 0 aromatic heterocycles. The zero-order valence-corrected chi connectivity index (χ0v) is 34.0. The van der Waals surface area contributed by atoms with Crippen molar-refractivity contribution in [3.63, 3.8) is 0 Å². The van der Waals surface area contributed by atoms with Crippen molar-refractivity contribution in [1.82, 2.24) is 0 Å². The molecule has 8 nitrogen and oxygen atoms in total. The number of rotatable bonds is 44. The average molecular weight is 739 g/mol. The number of unbranched alkanes of at least 4 members (excludes halogenated alkanes) is 18. The highest BCUT2D eigenvalue weighted by Gasteiger charge is 1.99. The van der Waals surface area contributed by atoms with Crippen LogP contribution in [0.25, 0.3) is 0 Å². The van der Waals surface area contributed by atoms with Crippen LogP contribution in [0.5, 0.6) is 5.75 Å². The van der Waals surface area contributed by atoms with E-state index in [9.17, 15) is 0 Å². The number of hydrogen-bond donors (Lipinski definition) is 0. The standard InChI is InChI=1S/C44H82O8/c1-3-5-7-9-11-12-13-14-15-16-17-18-20-22-28-45-29-30-46-31-32-47-33-34-48-35-36-49-37-38-50-39-40-51-41-42-52-44-26-24-43(25-27-44)23-21-19-10-8-6-4-2/h24-27H,3-23,28-42H2,1-2H3. The van der Waals surface area contributed by atoms with E-state index in [1.54, 1.807) is 0 Å². The van der Waals surface area contributed by atoms with Gasteiger partial charge in [-0.3, -0.25) is 0 Å². The summed E-state index contributed by atoms with van der Waals surface area (Å²) < 4.78 is 44.9. The molecule has 8 heteroatoms. The Labute approximate surface area is 320 Å². The molecule has 0 fully saturated rings. The molecule has 0 aliphatic carbocycles. The van der Waals surface area contributed by atoms with E-state index in [4.69, 9.17) is 37.9 Å². The summed E-state index contributed by atoms with van der Waals surface area (Å²) in [6, 6.07) is 8.47. The number of hydrogen-bond acceptors (Lipinski definition) is 8. The Kier molecular flexibility index (Phi) is 39.8. The number of ether oxygens (including phenoxy) is 8. The molecule has 0 aliphatic heterocycles. The van der Waals surface area contributed by atoms with Gasteiger partial charge in [-0.05, 0) is 37.0 Å². The first-order chi connectivity index (χ1) is 25.9. The molecule has 0 bridgehead atoms. The third-order valence-corrected chi connectivity index (χ3v) is 9.11. The van der Waals surface area contributed by atoms with Gasteiger partial charge in [0.1, 0.15) is 12.4 Å². The predicted octanol–water partition coefficient (Wildman–Crippen LogP) is 10.6.